The first kappa shape index (κ1) is 12.9. The molecule has 0 aliphatic heterocycles. The summed E-state index contributed by atoms with van der Waals surface area (Å²) in [5.74, 6) is -0.818. The molecule has 0 saturated heterocycles. The second-order valence-corrected chi connectivity index (χ2v) is 3.21. The minimum Gasteiger partial charge on any atom is -0.508 e. The predicted molar refractivity (Wildman–Crippen MR) is 59.0 cm³/mol. The molecule has 0 spiro atoms. The second-order valence-electron chi connectivity index (χ2n) is 2.39. The summed E-state index contributed by atoms with van der Waals surface area (Å²) in [6.07, 6.45) is 1.66. The van der Waals surface area contributed by atoms with E-state index in [4.69, 9.17) is 10.5 Å². The van der Waals surface area contributed by atoms with Crippen LogP contribution in [0.15, 0.2) is 12.1 Å². The molecule has 0 bridgehead atoms. The lowest BCUT2D eigenvalue weighted by atomic mass is 10.2. The molecular formula is C8H10ClNO3S. The summed E-state index contributed by atoms with van der Waals surface area (Å²) in [6.45, 7) is 0. The van der Waals surface area contributed by atoms with Crippen LogP contribution in [0.5, 0.6) is 17.2 Å². The molecule has 0 fully saturated rings. The van der Waals surface area contributed by atoms with Crippen molar-refractivity contribution >= 4 is 29.2 Å². The van der Waals surface area contributed by atoms with E-state index in [-0.39, 0.29) is 40.3 Å². The molecule has 0 saturated carbocycles. The van der Waals surface area contributed by atoms with Crippen LogP contribution in [-0.2, 0) is 0 Å². The molecule has 0 aliphatic rings. The predicted octanol–water partition coefficient (Wildman–Crippen LogP) is 1.91. The van der Waals surface area contributed by atoms with Gasteiger partial charge in [0.1, 0.15) is 22.3 Å². The molecule has 0 aliphatic carbocycles. The Bertz CT molecular complexity index is 333. The largest absolute Gasteiger partial charge is 0.508 e. The van der Waals surface area contributed by atoms with E-state index in [2.05, 4.69) is 0 Å². The number of hydrogen-bond donors (Lipinski definition) is 4. The lowest BCUT2D eigenvalue weighted by molar-refractivity contribution is 0.427. The second kappa shape index (κ2) is 4.97. The molecule has 4 nitrogen and oxygen atoms in total. The number of phenolic OH excluding ortho intramolecular Hbond substituents is 3. The monoisotopic (exact) mass is 235 g/mol. The summed E-state index contributed by atoms with van der Waals surface area (Å²) in [6, 6.07) is 2.17. The number of halogens is 1. The van der Waals surface area contributed by atoms with E-state index in [0.29, 0.717) is 0 Å². The van der Waals surface area contributed by atoms with Crippen molar-refractivity contribution in [1.29, 1.82) is 5.41 Å². The van der Waals surface area contributed by atoms with Crippen molar-refractivity contribution in [3.05, 3.63) is 17.7 Å². The van der Waals surface area contributed by atoms with Crippen LogP contribution in [0.1, 0.15) is 5.56 Å². The molecule has 1 aromatic carbocycles. The number of phenols is 3. The molecule has 78 valence electrons. The highest BCUT2D eigenvalue weighted by Gasteiger charge is 2.13. The van der Waals surface area contributed by atoms with Crippen molar-refractivity contribution in [2.24, 2.45) is 0 Å². The van der Waals surface area contributed by atoms with Crippen molar-refractivity contribution in [1.82, 2.24) is 0 Å². The van der Waals surface area contributed by atoms with Crippen LogP contribution in [0.25, 0.3) is 0 Å². The minimum atomic E-state index is -0.295. The van der Waals surface area contributed by atoms with Crippen LogP contribution >= 0.6 is 24.2 Å². The first-order valence-corrected chi connectivity index (χ1v) is 4.66. The highest BCUT2D eigenvalue weighted by Crippen LogP contribution is 2.33. The lowest BCUT2D eigenvalue weighted by Gasteiger charge is -2.06. The van der Waals surface area contributed by atoms with E-state index < -0.39 is 0 Å². The van der Waals surface area contributed by atoms with Gasteiger partial charge in [-0.2, -0.15) is 0 Å². The number of rotatable bonds is 1. The first-order valence-electron chi connectivity index (χ1n) is 3.44. The number of nitrogens with one attached hydrogen (secondary N) is 1. The Morgan fingerprint density at radius 3 is 2.00 bits per heavy atom. The zero-order chi connectivity index (χ0) is 10.0. The molecule has 0 radical (unpaired) electrons. The fourth-order valence-electron chi connectivity index (χ4n) is 0.932. The van der Waals surface area contributed by atoms with Gasteiger partial charge in [0, 0.05) is 12.1 Å². The summed E-state index contributed by atoms with van der Waals surface area (Å²) in [4.78, 5) is 0. The van der Waals surface area contributed by atoms with Crippen LogP contribution < -0.4 is 0 Å². The third kappa shape index (κ3) is 2.46. The van der Waals surface area contributed by atoms with Crippen molar-refractivity contribution < 1.29 is 15.3 Å². The van der Waals surface area contributed by atoms with E-state index in [1.165, 1.54) is 0 Å². The Morgan fingerprint density at radius 2 is 1.64 bits per heavy atom. The van der Waals surface area contributed by atoms with E-state index in [1.54, 1.807) is 6.26 Å². The zero-order valence-corrected chi connectivity index (χ0v) is 8.95. The van der Waals surface area contributed by atoms with Crippen molar-refractivity contribution in [3.8, 4) is 17.2 Å². The molecular weight excluding hydrogens is 226 g/mol. The van der Waals surface area contributed by atoms with E-state index in [0.717, 1.165) is 23.9 Å². The van der Waals surface area contributed by atoms with Crippen LogP contribution in [0, 0.1) is 5.41 Å². The third-order valence-electron chi connectivity index (χ3n) is 1.51. The molecule has 4 N–H and O–H groups in total. The van der Waals surface area contributed by atoms with Crippen LogP contribution in [-0.4, -0.2) is 26.6 Å². The topological polar surface area (TPSA) is 84.5 Å². The smallest absolute Gasteiger partial charge is 0.132 e. The first-order chi connectivity index (χ1) is 6.06. The van der Waals surface area contributed by atoms with Gasteiger partial charge in [0.2, 0.25) is 0 Å². The Morgan fingerprint density at radius 1 is 1.21 bits per heavy atom. The van der Waals surface area contributed by atoms with Crippen molar-refractivity contribution in [2.45, 2.75) is 0 Å². The third-order valence-corrected chi connectivity index (χ3v) is 2.13. The van der Waals surface area contributed by atoms with E-state index in [1.807, 2.05) is 0 Å². The molecule has 0 amide bonds. The van der Waals surface area contributed by atoms with Crippen molar-refractivity contribution in [3.63, 3.8) is 0 Å². The summed E-state index contributed by atoms with van der Waals surface area (Å²) in [7, 11) is 0. The highest BCUT2D eigenvalue weighted by molar-refractivity contribution is 8.13. The highest BCUT2D eigenvalue weighted by atomic mass is 35.5. The quantitative estimate of drug-likeness (QED) is 0.443. The summed E-state index contributed by atoms with van der Waals surface area (Å²) in [5.41, 5.74) is 0.0466. The fourth-order valence-corrected chi connectivity index (χ4v) is 1.35. The number of thioether (sulfide) groups is 1. The summed E-state index contributed by atoms with van der Waals surface area (Å²) < 4.78 is 0. The average Bonchev–Trinajstić information content (AvgIpc) is 2.02. The van der Waals surface area contributed by atoms with Gasteiger partial charge in [-0.05, 0) is 6.26 Å². The molecule has 1 rings (SSSR count). The standard InChI is InChI=1S/C8H9NO3S.ClH/c1-13-8(9)7-5(11)2-4(10)3-6(7)12;/h2-3,9-12H,1H3;1H. The fraction of sp³-hybridized carbons (Fsp3) is 0.125. The Balaban J connectivity index is 0.00000169. The Labute approximate surface area is 91.5 Å². The maximum absolute atomic E-state index is 9.30. The molecule has 0 aromatic heterocycles. The SMILES string of the molecule is CSC(=N)c1c(O)cc(O)cc1O.Cl. The summed E-state index contributed by atoms with van der Waals surface area (Å²) >= 11 is 1.09. The van der Waals surface area contributed by atoms with Gasteiger partial charge in [-0.3, -0.25) is 5.41 Å². The van der Waals surface area contributed by atoms with Gasteiger partial charge in [0.25, 0.3) is 0 Å². The molecule has 0 heterocycles. The van der Waals surface area contributed by atoms with Gasteiger partial charge in [-0.1, -0.05) is 0 Å². The van der Waals surface area contributed by atoms with E-state index in [9.17, 15) is 10.2 Å². The van der Waals surface area contributed by atoms with Gasteiger partial charge < -0.3 is 15.3 Å². The number of aromatic hydroxyl groups is 3. The van der Waals surface area contributed by atoms with Gasteiger partial charge in [-0.15, -0.1) is 24.2 Å². The molecule has 0 unspecified atom stereocenters. The average molecular weight is 236 g/mol. The normalized spacial score (nSPS) is 9.21. The van der Waals surface area contributed by atoms with Gasteiger partial charge >= 0.3 is 0 Å². The molecule has 0 atom stereocenters. The van der Waals surface area contributed by atoms with Crippen LogP contribution in [0.2, 0.25) is 0 Å². The van der Waals surface area contributed by atoms with Crippen LogP contribution in [0.3, 0.4) is 0 Å². The van der Waals surface area contributed by atoms with Crippen LogP contribution in [0.4, 0.5) is 0 Å². The minimum absolute atomic E-state index is 0. The van der Waals surface area contributed by atoms with E-state index >= 15 is 0 Å². The molecule has 1 aromatic rings. The summed E-state index contributed by atoms with van der Waals surface area (Å²) in [5, 5.41) is 35.0. The Hall–Kier alpha value is -1.07. The number of benzene rings is 1. The van der Waals surface area contributed by atoms with Gasteiger partial charge in [0.05, 0.1) is 5.56 Å². The van der Waals surface area contributed by atoms with Crippen molar-refractivity contribution in [2.75, 3.05) is 6.26 Å². The van der Waals surface area contributed by atoms with Gasteiger partial charge in [-0.25, -0.2) is 0 Å². The molecule has 14 heavy (non-hydrogen) atoms. The van der Waals surface area contributed by atoms with Gasteiger partial charge in [0.15, 0.2) is 0 Å². The zero-order valence-electron chi connectivity index (χ0n) is 7.31. The maximum atomic E-state index is 9.30. The maximum Gasteiger partial charge on any atom is 0.132 e. The molecule has 6 heteroatoms. The lowest BCUT2D eigenvalue weighted by Crippen LogP contribution is -1.93. The Kier molecular flexibility index (Phi) is 4.59. The number of hydrogen-bond acceptors (Lipinski definition) is 5.